The van der Waals surface area contributed by atoms with Crippen LogP contribution in [-0.2, 0) is 4.74 Å². The van der Waals surface area contributed by atoms with Crippen LogP contribution in [0.15, 0.2) is 42.5 Å². The molecule has 0 amide bonds. The largest absolute Gasteiger partial charge is 0.492 e. The van der Waals surface area contributed by atoms with E-state index in [0.29, 0.717) is 19.8 Å². The zero-order valence-electron chi connectivity index (χ0n) is 13.0. The van der Waals surface area contributed by atoms with Crippen LogP contribution in [-0.4, -0.2) is 55.1 Å². The SMILES string of the molecule is C[C@]1(CO)COCCN1CCOc1cccc2ccccc12. The van der Waals surface area contributed by atoms with Gasteiger partial charge >= 0.3 is 0 Å². The fourth-order valence-electron chi connectivity index (χ4n) is 2.94. The van der Waals surface area contributed by atoms with Crippen molar-refractivity contribution in [1.82, 2.24) is 4.90 Å². The number of morpholine rings is 1. The van der Waals surface area contributed by atoms with E-state index in [0.717, 1.165) is 24.2 Å². The number of aliphatic hydroxyl groups excluding tert-OH is 1. The minimum absolute atomic E-state index is 0.0985. The van der Waals surface area contributed by atoms with Crippen LogP contribution in [0.3, 0.4) is 0 Å². The van der Waals surface area contributed by atoms with E-state index < -0.39 is 0 Å². The molecule has 4 nitrogen and oxygen atoms in total. The van der Waals surface area contributed by atoms with Gasteiger partial charge in [-0.1, -0.05) is 36.4 Å². The molecule has 0 spiro atoms. The van der Waals surface area contributed by atoms with Crippen molar-refractivity contribution in [3.63, 3.8) is 0 Å². The highest BCUT2D eigenvalue weighted by Gasteiger charge is 2.34. The van der Waals surface area contributed by atoms with Gasteiger partial charge in [-0.2, -0.15) is 0 Å². The Labute approximate surface area is 131 Å². The van der Waals surface area contributed by atoms with Crippen LogP contribution in [0, 0.1) is 0 Å². The van der Waals surface area contributed by atoms with Gasteiger partial charge in [0.05, 0.1) is 25.4 Å². The maximum atomic E-state index is 9.62. The molecule has 118 valence electrons. The average molecular weight is 301 g/mol. The molecule has 1 atom stereocenters. The van der Waals surface area contributed by atoms with Crippen molar-refractivity contribution in [3.8, 4) is 5.75 Å². The zero-order valence-corrected chi connectivity index (χ0v) is 13.0. The highest BCUT2D eigenvalue weighted by Crippen LogP contribution is 2.25. The van der Waals surface area contributed by atoms with Gasteiger partial charge in [-0.15, -0.1) is 0 Å². The summed E-state index contributed by atoms with van der Waals surface area (Å²) >= 11 is 0. The Kier molecular flexibility index (Phi) is 4.62. The molecular formula is C18H23NO3. The first kappa shape index (κ1) is 15.3. The third-order valence-electron chi connectivity index (χ3n) is 4.39. The third kappa shape index (κ3) is 3.09. The molecule has 22 heavy (non-hydrogen) atoms. The highest BCUT2D eigenvalue weighted by atomic mass is 16.5. The van der Waals surface area contributed by atoms with Gasteiger partial charge in [0.2, 0.25) is 0 Å². The quantitative estimate of drug-likeness (QED) is 0.920. The van der Waals surface area contributed by atoms with Crippen molar-refractivity contribution < 1.29 is 14.6 Å². The number of hydrogen-bond acceptors (Lipinski definition) is 4. The lowest BCUT2D eigenvalue weighted by Crippen LogP contribution is -2.58. The first-order valence-electron chi connectivity index (χ1n) is 7.77. The van der Waals surface area contributed by atoms with E-state index in [4.69, 9.17) is 9.47 Å². The molecule has 0 unspecified atom stereocenters. The van der Waals surface area contributed by atoms with Gasteiger partial charge in [0, 0.05) is 18.5 Å². The summed E-state index contributed by atoms with van der Waals surface area (Å²) in [6, 6.07) is 14.3. The third-order valence-corrected chi connectivity index (χ3v) is 4.39. The minimum atomic E-state index is -0.305. The average Bonchev–Trinajstić information content (AvgIpc) is 2.57. The number of fused-ring (bicyclic) bond motifs is 1. The van der Waals surface area contributed by atoms with Crippen molar-refractivity contribution in [2.45, 2.75) is 12.5 Å². The van der Waals surface area contributed by atoms with Crippen LogP contribution in [0.2, 0.25) is 0 Å². The molecule has 1 N–H and O–H groups in total. The fourth-order valence-corrected chi connectivity index (χ4v) is 2.94. The van der Waals surface area contributed by atoms with E-state index in [1.807, 2.05) is 31.2 Å². The van der Waals surface area contributed by atoms with Crippen LogP contribution in [0.1, 0.15) is 6.92 Å². The highest BCUT2D eigenvalue weighted by molar-refractivity contribution is 5.88. The molecule has 2 aromatic rings. The van der Waals surface area contributed by atoms with Crippen LogP contribution >= 0.6 is 0 Å². The van der Waals surface area contributed by atoms with Gasteiger partial charge in [0.25, 0.3) is 0 Å². The molecule has 2 aromatic carbocycles. The molecule has 0 saturated carbocycles. The normalized spacial score (nSPS) is 22.8. The molecule has 1 fully saturated rings. The summed E-state index contributed by atoms with van der Waals surface area (Å²) in [5.74, 6) is 0.914. The zero-order chi connectivity index (χ0) is 15.4. The number of aliphatic hydroxyl groups is 1. The fraction of sp³-hybridized carbons (Fsp3) is 0.444. The summed E-state index contributed by atoms with van der Waals surface area (Å²) in [6.07, 6.45) is 0. The molecule has 0 aliphatic carbocycles. The van der Waals surface area contributed by atoms with Crippen molar-refractivity contribution in [1.29, 1.82) is 0 Å². The number of ether oxygens (including phenoxy) is 2. The molecule has 3 rings (SSSR count). The summed E-state index contributed by atoms with van der Waals surface area (Å²) in [5.41, 5.74) is -0.305. The van der Waals surface area contributed by atoms with Gasteiger partial charge in [-0.3, -0.25) is 4.90 Å². The molecule has 1 saturated heterocycles. The molecule has 0 aromatic heterocycles. The van der Waals surface area contributed by atoms with E-state index in [2.05, 4.69) is 23.1 Å². The number of hydrogen-bond donors (Lipinski definition) is 1. The minimum Gasteiger partial charge on any atom is -0.492 e. The molecule has 1 aliphatic rings. The van der Waals surface area contributed by atoms with Crippen LogP contribution in [0.5, 0.6) is 5.75 Å². The molecule has 1 aliphatic heterocycles. The standard InChI is InChI=1S/C18H23NO3/c1-18(13-20)14-21-11-9-19(18)10-12-22-17-8-4-6-15-5-2-3-7-16(15)17/h2-8,20H,9-14H2,1H3/t18-/m0/s1. The molecule has 0 radical (unpaired) electrons. The van der Waals surface area contributed by atoms with Crippen molar-refractivity contribution >= 4 is 10.8 Å². The second-order valence-electron chi connectivity index (χ2n) is 6.02. The molecular weight excluding hydrogens is 278 g/mol. The van der Waals surface area contributed by atoms with Crippen molar-refractivity contribution in [3.05, 3.63) is 42.5 Å². The van der Waals surface area contributed by atoms with Crippen LogP contribution in [0.25, 0.3) is 10.8 Å². The summed E-state index contributed by atoms with van der Waals surface area (Å²) in [7, 11) is 0. The Morgan fingerprint density at radius 2 is 2.05 bits per heavy atom. The summed E-state index contributed by atoms with van der Waals surface area (Å²) in [5, 5.41) is 11.9. The van der Waals surface area contributed by atoms with E-state index in [9.17, 15) is 5.11 Å². The number of rotatable bonds is 5. The predicted octanol–water partition coefficient (Wildman–Crippen LogP) is 2.30. The van der Waals surface area contributed by atoms with Gasteiger partial charge in [0.1, 0.15) is 12.4 Å². The van der Waals surface area contributed by atoms with Gasteiger partial charge in [-0.05, 0) is 18.4 Å². The Balaban J connectivity index is 1.65. The Bertz CT molecular complexity index is 625. The van der Waals surface area contributed by atoms with Crippen LogP contribution in [0.4, 0.5) is 0 Å². The Hall–Kier alpha value is -1.62. The molecule has 1 heterocycles. The van der Waals surface area contributed by atoms with E-state index in [1.54, 1.807) is 0 Å². The number of nitrogens with zero attached hydrogens (tertiary/aromatic N) is 1. The van der Waals surface area contributed by atoms with E-state index >= 15 is 0 Å². The van der Waals surface area contributed by atoms with Crippen LogP contribution < -0.4 is 4.74 Å². The Morgan fingerprint density at radius 3 is 2.91 bits per heavy atom. The molecule has 4 heteroatoms. The molecule has 0 bridgehead atoms. The van der Waals surface area contributed by atoms with Crippen molar-refractivity contribution in [2.24, 2.45) is 0 Å². The number of benzene rings is 2. The second kappa shape index (κ2) is 6.65. The van der Waals surface area contributed by atoms with Gasteiger partial charge < -0.3 is 14.6 Å². The lowest BCUT2D eigenvalue weighted by molar-refractivity contribution is -0.0851. The Morgan fingerprint density at radius 1 is 1.23 bits per heavy atom. The predicted molar refractivity (Wildman–Crippen MR) is 87.3 cm³/mol. The van der Waals surface area contributed by atoms with Gasteiger partial charge in [0.15, 0.2) is 0 Å². The lowest BCUT2D eigenvalue weighted by Gasteiger charge is -2.43. The summed E-state index contributed by atoms with van der Waals surface area (Å²) < 4.78 is 11.5. The lowest BCUT2D eigenvalue weighted by atomic mass is 10.0. The van der Waals surface area contributed by atoms with E-state index in [-0.39, 0.29) is 12.1 Å². The maximum Gasteiger partial charge on any atom is 0.127 e. The second-order valence-corrected chi connectivity index (χ2v) is 6.02. The van der Waals surface area contributed by atoms with Crippen molar-refractivity contribution in [2.75, 3.05) is 39.5 Å². The smallest absolute Gasteiger partial charge is 0.127 e. The monoisotopic (exact) mass is 301 g/mol. The first-order valence-corrected chi connectivity index (χ1v) is 7.77. The van der Waals surface area contributed by atoms with Gasteiger partial charge in [-0.25, -0.2) is 0 Å². The topological polar surface area (TPSA) is 41.9 Å². The summed E-state index contributed by atoms with van der Waals surface area (Å²) in [6.45, 7) is 5.62. The first-order chi connectivity index (χ1) is 10.7. The van der Waals surface area contributed by atoms with E-state index in [1.165, 1.54) is 5.39 Å². The maximum absolute atomic E-state index is 9.62. The summed E-state index contributed by atoms with van der Waals surface area (Å²) in [4.78, 5) is 2.25.